The van der Waals surface area contributed by atoms with Crippen LogP contribution in [0.15, 0.2) is 48.5 Å². The monoisotopic (exact) mass is 527 g/mol. The number of benzene rings is 2. The van der Waals surface area contributed by atoms with E-state index in [0.29, 0.717) is 6.42 Å². The Hall–Kier alpha value is -3.08. The van der Waals surface area contributed by atoms with E-state index in [9.17, 15) is 31.2 Å². The van der Waals surface area contributed by atoms with Crippen molar-refractivity contribution in [1.29, 1.82) is 0 Å². The summed E-state index contributed by atoms with van der Waals surface area (Å²) in [4.78, 5) is 27.1. The van der Waals surface area contributed by atoms with Gasteiger partial charge in [-0.15, -0.1) is 0 Å². The van der Waals surface area contributed by atoms with E-state index in [-0.39, 0.29) is 43.4 Å². The second kappa shape index (κ2) is 12.2. The van der Waals surface area contributed by atoms with Gasteiger partial charge in [-0.3, -0.25) is 13.9 Å². The molecule has 0 saturated carbocycles. The maximum atomic E-state index is 13.2. The number of alkyl halides is 3. The van der Waals surface area contributed by atoms with Crippen LogP contribution in [-0.2, 0) is 32.3 Å². The Labute approximate surface area is 210 Å². The molecule has 1 N–H and O–H groups in total. The van der Waals surface area contributed by atoms with E-state index in [2.05, 4.69) is 5.32 Å². The first-order valence-corrected chi connectivity index (χ1v) is 13.3. The Morgan fingerprint density at radius 3 is 2.25 bits per heavy atom. The molecule has 11 heteroatoms. The van der Waals surface area contributed by atoms with E-state index in [1.807, 2.05) is 31.2 Å². The normalized spacial score (nSPS) is 12.6. The summed E-state index contributed by atoms with van der Waals surface area (Å²) in [6.45, 7) is 3.72. The fraction of sp³-hybridized carbons (Fsp3) is 0.440. The molecule has 198 valence electrons. The van der Waals surface area contributed by atoms with Crippen LogP contribution in [0.2, 0.25) is 0 Å². The molecule has 2 aromatic rings. The molecule has 0 aliphatic heterocycles. The van der Waals surface area contributed by atoms with Gasteiger partial charge >= 0.3 is 6.18 Å². The van der Waals surface area contributed by atoms with Crippen molar-refractivity contribution in [3.8, 4) is 0 Å². The Kier molecular flexibility index (Phi) is 9.92. The van der Waals surface area contributed by atoms with Crippen molar-refractivity contribution in [2.75, 3.05) is 24.2 Å². The van der Waals surface area contributed by atoms with Crippen LogP contribution >= 0.6 is 0 Å². The molecule has 0 unspecified atom stereocenters. The van der Waals surface area contributed by atoms with Gasteiger partial charge in [0.1, 0.15) is 6.04 Å². The summed E-state index contributed by atoms with van der Waals surface area (Å²) in [6.07, 6.45) is -3.39. The zero-order valence-corrected chi connectivity index (χ0v) is 21.6. The minimum absolute atomic E-state index is 0.0523. The van der Waals surface area contributed by atoms with Crippen LogP contribution in [0, 0.1) is 6.92 Å². The van der Waals surface area contributed by atoms with Crippen molar-refractivity contribution < 1.29 is 31.2 Å². The maximum absolute atomic E-state index is 13.2. The van der Waals surface area contributed by atoms with Gasteiger partial charge in [-0.2, -0.15) is 13.2 Å². The lowest BCUT2D eigenvalue weighted by Crippen LogP contribution is -2.48. The van der Waals surface area contributed by atoms with Crippen LogP contribution in [0.4, 0.5) is 18.9 Å². The molecule has 0 aromatic heterocycles. The third-order valence-electron chi connectivity index (χ3n) is 5.72. The summed E-state index contributed by atoms with van der Waals surface area (Å²) in [5.74, 6) is -0.678. The Morgan fingerprint density at radius 2 is 1.72 bits per heavy atom. The van der Waals surface area contributed by atoms with E-state index >= 15 is 0 Å². The average molecular weight is 528 g/mol. The van der Waals surface area contributed by atoms with Crippen molar-refractivity contribution in [2.24, 2.45) is 0 Å². The third kappa shape index (κ3) is 7.97. The van der Waals surface area contributed by atoms with Crippen LogP contribution in [0.3, 0.4) is 0 Å². The maximum Gasteiger partial charge on any atom is 0.416 e. The topological polar surface area (TPSA) is 86.8 Å². The molecule has 2 amide bonds. The Morgan fingerprint density at radius 1 is 1.08 bits per heavy atom. The molecule has 1 atom stereocenters. The van der Waals surface area contributed by atoms with Crippen molar-refractivity contribution in [1.82, 2.24) is 10.2 Å². The van der Waals surface area contributed by atoms with Gasteiger partial charge in [0, 0.05) is 26.6 Å². The summed E-state index contributed by atoms with van der Waals surface area (Å²) in [5.41, 5.74) is 0.780. The first-order valence-electron chi connectivity index (χ1n) is 11.5. The molecule has 36 heavy (non-hydrogen) atoms. The molecular formula is C25H32F3N3O4S. The molecule has 0 saturated heterocycles. The predicted molar refractivity (Wildman–Crippen MR) is 133 cm³/mol. The van der Waals surface area contributed by atoms with Crippen LogP contribution in [0.1, 0.15) is 42.9 Å². The van der Waals surface area contributed by atoms with Gasteiger partial charge in [-0.25, -0.2) is 8.42 Å². The number of anilines is 1. The number of rotatable bonds is 11. The molecule has 2 aromatic carbocycles. The number of carbonyl (C=O) groups is 2. The van der Waals surface area contributed by atoms with E-state index in [0.717, 1.165) is 39.9 Å². The van der Waals surface area contributed by atoms with E-state index < -0.39 is 27.8 Å². The standard InChI is InChI=1S/C25H32F3N3O4S/c1-5-22(24(33)29-3)30(17-19-13-11-18(2)12-14-19)23(32)10-7-15-31(36(4,34)35)21-9-6-8-20(16-21)25(26,27)28/h6,8-9,11-14,16,22H,5,7,10,15,17H2,1-4H3,(H,29,33)/t22-/m0/s1. The molecule has 0 bridgehead atoms. The second-order valence-electron chi connectivity index (χ2n) is 8.53. The highest BCUT2D eigenvalue weighted by Gasteiger charge is 2.32. The smallest absolute Gasteiger partial charge is 0.357 e. The highest BCUT2D eigenvalue weighted by molar-refractivity contribution is 7.92. The molecule has 0 spiro atoms. The van der Waals surface area contributed by atoms with Gasteiger partial charge < -0.3 is 10.2 Å². The van der Waals surface area contributed by atoms with Crippen LogP contribution in [0.25, 0.3) is 0 Å². The number of hydrogen-bond donors (Lipinski definition) is 1. The number of carbonyl (C=O) groups excluding carboxylic acids is 2. The first-order chi connectivity index (χ1) is 16.8. The second-order valence-corrected chi connectivity index (χ2v) is 10.4. The zero-order valence-electron chi connectivity index (χ0n) is 20.8. The molecule has 7 nitrogen and oxygen atoms in total. The molecular weight excluding hydrogens is 495 g/mol. The summed E-state index contributed by atoms with van der Waals surface area (Å²) >= 11 is 0. The molecule has 0 radical (unpaired) electrons. The molecule has 0 heterocycles. The number of halogens is 3. The number of sulfonamides is 1. The van der Waals surface area contributed by atoms with Crippen LogP contribution in [0.5, 0.6) is 0 Å². The van der Waals surface area contributed by atoms with Crippen molar-refractivity contribution in [2.45, 2.75) is 51.9 Å². The molecule has 0 aliphatic rings. The van der Waals surface area contributed by atoms with Crippen molar-refractivity contribution in [3.63, 3.8) is 0 Å². The van der Waals surface area contributed by atoms with Gasteiger partial charge in [-0.1, -0.05) is 42.8 Å². The van der Waals surface area contributed by atoms with Crippen LogP contribution < -0.4 is 9.62 Å². The SMILES string of the molecule is CC[C@@H](C(=O)NC)N(Cc1ccc(C)cc1)C(=O)CCCN(c1cccc(C(F)(F)F)c1)S(C)(=O)=O. The lowest BCUT2D eigenvalue weighted by atomic mass is 10.1. The van der Waals surface area contributed by atoms with Crippen molar-refractivity contribution >= 4 is 27.5 Å². The fourth-order valence-corrected chi connectivity index (χ4v) is 4.77. The Bertz CT molecular complexity index is 1150. The summed E-state index contributed by atoms with van der Waals surface area (Å²) in [5, 5.41) is 2.57. The van der Waals surface area contributed by atoms with E-state index in [4.69, 9.17) is 0 Å². The summed E-state index contributed by atoms with van der Waals surface area (Å²) in [7, 11) is -2.43. The number of amides is 2. The quantitative estimate of drug-likeness (QED) is 0.477. The number of nitrogens with one attached hydrogen (secondary N) is 1. The van der Waals surface area contributed by atoms with Gasteiger partial charge in [0.2, 0.25) is 21.8 Å². The minimum atomic E-state index is -4.62. The molecule has 0 fully saturated rings. The minimum Gasteiger partial charge on any atom is -0.357 e. The summed E-state index contributed by atoms with van der Waals surface area (Å²) < 4.78 is 64.9. The number of nitrogens with zero attached hydrogens (tertiary/aromatic N) is 2. The fourth-order valence-electron chi connectivity index (χ4n) is 3.82. The molecule has 0 aliphatic carbocycles. The highest BCUT2D eigenvalue weighted by Crippen LogP contribution is 2.32. The Balaban J connectivity index is 2.22. The number of likely N-dealkylation sites (N-methyl/N-ethyl adjacent to an activating group) is 1. The lowest BCUT2D eigenvalue weighted by molar-refractivity contribution is -0.141. The zero-order chi connectivity index (χ0) is 27.1. The van der Waals surface area contributed by atoms with Gasteiger partial charge in [-0.05, 0) is 43.5 Å². The van der Waals surface area contributed by atoms with Crippen molar-refractivity contribution in [3.05, 3.63) is 65.2 Å². The van der Waals surface area contributed by atoms with Gasteiger partial charge in [0.25, 0.3) is 0 Å². The third-order valence-corrected chi connectivity index (χ3v) is 6.91. The van der Waals surface area contributed by atoms with E-state index in [1.165, 1.54) is 18.0 Å². The largest absolute Gasteiger partial charge is 0.416 e. The predicted octanol–water partition coefficient (Wildman–Crippen LogP) is 4.11. The number of aryl methyl sites for hydroxylation is 1. The molecule has 2 rings (SSSR count). The summed E-state index contributed by atoms with van der Waals surface area (Å²) in [6, 6.07) is 10.9. The van der Waals surface area contributed by atoms with E-state index in [1.54, 1.807) is 6.92 Å². The first kappa shape index (κ1) is 29.2. The highest BCUT2D eigenvalue weighted by atomic mass is 32.2. The average Bonchev–Trinajstić information content (AvgIpc) is 2.81. The lowest BCUT2D eigenvalue weighted by Gasteiger charge is -2.31. The van der Waals surface area contributed by atoms with Gasteiger partial charge in [0.15, 0.2) is 0 Å². The van der Waals surface area contributed by atoms with Crippen LogP contribution in [-0.4, -0.2) is 51.0 Å². The number of hydrogen-bond acceptors (Lipinski definition) is 4. The van der Waals surface area contributed by atoms with Gasteiger partial charge in [0.05, 0.1) is 17.5 Å².